The van der Waals surface area contributed by atoms with Crippen LogP contribution < -0.4 is 11.1 Å². The van der Waals surface area contributed by atoms with Gasteiger partial charge in [0, 0.05) is 16.9 Å². The number of benzene rings is 2. The number of aryl methyl sites for hydroxylation is 3. The van der Waals surface area contributed by atoms with Crippen molar-refractivity contribution in [3.63, 3.8) is 0 Å². The third-order valence-corrected chi connectivity index (χ3v) is 3.02. The lowest BCUT2D eigenvalue weighted by Gasteiger charge is -2.09. The molecule has 2 aromatic rings. The van der Waals surface area contributed by atoms with Crippen molar-refractivity contribution >= 4 is 17.3 Å². The summed E-state index contributed by atoms with van der Waals surface area (Å²) in [6, 6.07) is 11.3. The standard InChI is InChI=1S/C16H18N2O/c1-10-6-11(2)8-13(7-10)16(19)18-14-5-4-12(3)15(17)9-14/h4-9H,17H2,1-3H3,(H,18,19). The minimum atomic E-state index is -0.116. The molecule has 0 spiro atoms. The molecule has 3 heteroatoms. The van der Waals surface area contributed by atoms with Crippen LogP contribution in [0.4, 0.5) is 11.4 Å². The van der Waals surface area contributed by atoms with Gasteiger partial charge >= 0.3 is 0 Å². The molecule has 0 unspecified atom stereocenters. The van der Waals surface area contributed by atoms with Crippen molar-refractivity contribution in [1.29, 1.82) is 0 Å². The molecule has 0 saturated heterocycles. The first kappa shape index (κ1) is 13.1. The average molecular weight is 254 g/mol. The van der Waals surface area contributed by atoms with Gasteiger partial charge in [0.25, 0.3) is 5.91 Å². The van der Waals surface area contributed by atoms with Crippen molar-refractivity contribution in [2.45, 2.75) is 20.8 Å². The van der Waals surface area contributed by atoms with Gasteiger partial charge in [-0.05, 0) is 50.6 Å². The summed E-state index contributed by atoms with van der Waals surface area (Å²) in [5, 5.41) is 2.86. The van der Waals surface area contributed by atoms with Crippen LogP contribution in [0.15, 0.2) is 36.4 Å². The Hall–Kier alpha value is -2.29. The fraction of sp³-hybridized carbons (Fsp3) is 0.188. The minimum Gasteiger partial charge on any atom is -0.398 e. The summed E-state index contributed by atoms with van der Waals surface area (Å²) in [4.78, 5) is 12.2. The van der Waals surface area contributed by atoms with Crippen LogP contribution in [-0.4, -0.2) is 5.91 Å². The van der Waals surface area contributed by atoms with E-state index in [0.29, 0.717) is 16.9 Å². The number of rotatable bonds is 2. The van der Waals surface area contributed by atoms with Gasteiger partial charge in [-0.25, -0.2) is 0 Å². The van der Waals surface area contributed by atoms with Gasteiger partial charge in [0.2, 0.25) is 0 Å². The molecule has 0 aliphatic carbocycles. The second-order valence-corrected chi connectivity index (χ2v) is 4.90. The van der Waals surface area contributed by atoms with Crippen LogP contribution in [0.5, 0.6) is 0 Å². The van der Waals surface area contributed by atoms with E-state index in [4.69, 9.17) is 5.73 Å². The molecule has 0 aliphatic heterocycles. The Morgan fingerprint density at radius 2 is 1.63 bits per heavy atom. The Labute approximate surface area is 113 Å². The van der Waals surface area contributed by atoms with E-state index < -0.39 is 0 Å². The topological polar surface area (TPSA) is 55.1 Å². The lowest BCUT2D eigenvalue weighted by molar-refractivity contribution is 0.102. The fourth-order valence-corrected chi connectivity index (χ4v) is 2.03. The van der Waals surface area contributed by atoms with Gasteiger partial charge in [0.15, 0.2) is 0 Å². The van der Waals surface area contributed by atoms with Crippen molar-refractivity contribution in [2.24, 2.45) is 0 Å². The van der Waals surface area contributed by atoms with E-state index in [2.05, 4.69) is 5.32 Å². The van der Waals surface area contributed by atoms with Crippen LogP contribution in [-0.2, 0) is 0 Å². The number of nitrogens with one attached hydrogen (secondary N) is 1. The third-order valence-electron chi connectivity index (χ3n) is 3.02. The van der Waals surface area contributed by atoms with Crippen LogP contribution in [0.3, 0.4) is 0 Å². The summed E-state index contributed by atoms with van der Waals surface area (Å²) < 4.78 is 0. The molecule has 0 bridgehead atoms. The van der Waals surface area contributed by atoms with Gasteiger partial charge in [0.05, 0.1) is 0 Å². The molecule has 0 atom stereocenters. The normalized spacial score (nSPS) is 10.3. The van der Waals surface area contributed by atoms with Crippen molar-refractivity contribution < 1.29 is 4.79 Å². The maximum Gasteiger partial charge on any atom is 0.255 e. The third kappa shape index (κ3) is 3.13. The van der Waals surface area contributed by atoms with Crippen molar-refractivity contribution in [3.05, 3.63) is 58.7 Å². The van der Waals surface area contributed by atoms with E-state index in [0.717, 1.165) is 16.7 Å². The van der Waals surface area contributed by atoms with Gasteiger partial charge < -0.3 is 11.1 Å². The lowest BCUT2D eigenvalue weighted by atomic mass is 10.1. The highest BCUT2D eigenvalue weighted by Crippen LogP contribution is 2.18. The maximum absolute atomic E-state index is 12.2. The number of carbonyl (C=O) groups is 1. The first-order chi connectivity index (χ1) is 8.95. The average Bonchev–Trinajstić information content (AvgIpc) is 2.32. The number of carbonyl (C=O) groups excluding carboxylic acids is 1. The SMILES string of the molecule is Cc1cc(C)cc(C(=O)Nc2ccc(C)c(N)c2)c1. The molecule has 3 N–H and O–H groups in total. The number of nitrogens with two attached hydrogens (primary N) is 1. The summed E-state index contributed by atoms with van der Waals surface area (Å²) in [5.41, 5.74) is 11.0. The number of amides is 1. The molecule has 19 heavy (non-hydrogen) atoms. The van der Waals surface area contributed by atoms with Gasteiger partial charge in [-0.3, -0.25) is 4.79 Å². The van der Waals surface area contributed by atoms with E-state index in [1.807, 2.05) is 51.1 Å². The molecular weight excluding hydrogens is 236 g/mol. The molecular formula is C16H18N2O. The molecule has 0 saturated carbocycles. The van der Waals surface area contributed by atoms with E-state index in [1.54, 1.807) is 6.07 Å². The predicted octanol–water partition coefficient (Wildman–Crippen LogP) is 3.45. The molecule has 0 aromatic heterocycles. The first-order valence-electron chi connectivity index (χ1n) is 6.21. The number of hydrogen-bond donors (Lipinski definition) is 2. The molecule has 3 nitrogen and oxygen atoms in total. The van der Waals surface area contributed by atoms with Crippen LogP contribution in [0.2, 0.25) is 0 Å². The van der Waals surface area contributed by atoms with E-state index in [9.17, 15) is 4.79 Å². The second-order valence-electron chi connectivity index (χ2n) is 4.90. The van der Waals surface area contributed by atoms with E-state index in [1.165, 1.54) is 0 Å². The smallest absolute Gasteiger partial charge is 0.255 e. The Morgan fingerprint density at radius 3 is 2.21 bits per heavy atom. The second kappa shape index (κ2) is 5.14. The summed E-state index contributed by atoms with van der Waals surface area (Å²) in [6.45, 7) is 5.89. The first-order valence-corrected chi connectivity index (χ1v) is 6.21. The zero-order chi connectivity index (χ0) is 14.0. The lowest BCUT2D eigenvalue weighted by Crippen LogP contribution is -2.12. The Kier molecular flexibility index (Phi) is 3.56. The number of anilines is 2. The zero-order valence-corrected chi connectivity index (χ0v) is 11.4. The van der Waals surface area contributed by atoms with Gasteiger partial charge in [0.1, 0.15) is 0 Å². The number of hydrogen-bond acceptors (Lipinski definition) is 2. The van der Waals surface area contributed by atoms with Crippen molar-refractivity contribution in [2.75, 3.05) is 11.1 Å². The molecule has 1 amide bonds. The largest absolute Gasteiger partial charge is 0.398 e. The summed E-state index contributed by atoms with van der Waals surface area (Å²) in [7, 11) is 0. The Balaban J connectivity index is 2.22. The van der Waals surface area contributed by atoms with Crippen LogP contribution in [0.25, 0.3) is 0 Å². The summed E-state index contributed by atoms with van der Waals surface area (Å²) >= 11 is 0. The fourth-order valence-electron chi connectivity index (χ4n) is 2.03. The zero-order valence-electron chi connectivity index (χ0n) is 11.4. The molecule has 0 aliphatic rings. The molecule has 2 aromatic carbocycles. The molecule has 98 valence electrons. The van der Waals surface area contributed by atoms with E-state index in [-0.39, 0.29) is 5.91 Å². The quantitative estimate of drug-likeness (QED) is 0.806. The van der Waals surface area contributed by atoms with Gasteiger partial charge in [-0.1, -0.05) is 23.3 Å². The van der Waals surface area contributed by atoms with Crippen molar-refractivity contribution in [1.82, 2.24) is 0 Å². The Morgan fingerprint density at radius 1 is 1.00 bits per heavy atom. The monoisotopic (exact) mass is 254 g/mol. The summed E-state index contributed by atoms with van der Waals surface area (Å²) in [6.07, 6.45) is 0. The molecule has 2 rings (SSSR count). The highest BCUT2D eigenvalue weighted by Gasteiger charge is 2.07. The maximum atomic E-state index is 12.2. The van der Waals surface area contributed by atoms with Crippen LogP contribution in [0, 0.1) is 20.8 Å². The van der Waals surface area contributed by atoms with Gasteiger partial charge in [-0.15, -0.1) is 0 Å². The molecule has 0 fully saturated rings. The minimum absolute atomic E-state index is 0.116. The van der Waals surface area contributed by atoms with Gasteiger partial charge in [-0.2, -0.15) is 0 Å². The number of nitrogen functional groups attached to an aromatic ring is 1. The predicted molar refractivity (Wildman–Crippen MR) is 79.5 cm³/mol. The van der Waals surface area contributed by atoms with Crippen LogP contribution >= 0.6 is 0 Å². The van der Waals surface area contributed by atoms with Crippen molar-refractivity contribution in [3.8, 4) is 0 Å². The molecule has 0 radical (unpaired) electrons. The Bertz CT molecular complexity index is 612. The summed E-state index contributed by atoms with van der Waals surface area (Å²) in [5.74, 6) is -0.116. The highest BCUT2D eigenvalue weighted by atomic mass is 16.1. The van der Waals surface area contributed by atoms with Crippen LogP contribution in [0.1, 0.15) is 27.0 Å². The van der Waals surface area contributed by atoms with E-state index >= 15 is 0 Å². The highest BCUT2D eigenvalue weighted by molar-refractivity contribution is 6.04. The molecule has 0 heterocycles.